The van der Waals surface area contributed by atoms with Crippen molar-refractivity contribution in [1.82, 2.24) is 4.31 Å². The number of amides is 1. The highest BCUT2D eigenvalue weighted by atomic mass is 35.5. The van der Waals surface area contributed by atoms with Gasteiger partial charge in [-0.15, -0.1) is 0 Å². The molecule has 1 fully saturated rings. The maximum Gasteiger partial charge on any atom is 0.337 e. The Hall–Kier alpha value is -2.13. The van der Waals surface area contributed by atoms with E-state index in [1.165, 1.54) is 17.5 Å². The van der Waals surface area contributed by atoms with Crippen LogP contribution in [0.4, 0.5) is 5.69 Å². The number of benzene rings is 2. The molecule has 2 aromatic carbocycles. The van der Waals surface area contributed by atoms with E-state index in [-0.39, 0.29) is 30.7 Å². The second kappa shape index (κ2) is 9.99. The van der Waals surface area contributed by atoms with Gasteiger partial charge < -0.3 is 10.1 Å². The van der Waals surface area contributed by atoms with Crippen LogP contribution in [0.3, 0.4) is 0 Å². The summed E-state index contributed by atoms with van der Waals surface area (Å²) in [5, 5.41) is 3.54. The molecule has 1 N–H and O–H groups in total. The van der Waals surface area contributed by atoms with Crippen molar-refractivity contribution in [2.75, 3.05) is 25.5 Å². The summed E-state index contributed by atoms with van der Waals surface area (Å²) in [6.45, 7) is 0.488. The van der Waals surface area contributed by atoms with E-state index in [0.717, 1.165) is 0 Å². The Kier molecular flexibility index (Phi) is 7.59. The predicted octanol–water partition coefficient (Wildman–Crippen LogP) is 3.96. The van der Waals surface area contributed by atoms with Gasteiger partial charge >= 0.3 is 5.97 Å². The second-order valence-corrected chi connectivity index (χ2v) is 10.0. The number of carbonyl (C=O) groups excluding carboxylic acids is 2. The zero-order valence-electron chi connectivity index (χ0n) is 16.8. The molecule has 166 valence electrons. The minimum Gasteiger partial charge on any atom is -0.465 e. The largest absolute Gasteiger partial charge is 0.465 e. The number of carbonyl (C=O) groups is 2. The van der Waals surface area contributed by atoms with E-state index >= 15 is 0 Å². The van der Waals surface area contributed by atoms with Gasteiger partial charge in [0.25, 0.3) is 0 Å². The van der Waals surface area contributed by atoms with Crippen LogP contribution in [0, 0.1) is 5.92 Å². The lowest BCUT2D eigenvalue weighted by Crippen LogP contribution is -2.41. The van der Waals surface area contributed by atoms with E-state index in [4.69, 9.17) is 23.2 Å². The molecule has 0 radical (unpaired) electrons. The molecule has 1 aliphatic rings. The van der Waals surface area contributed by atoms with Crippen LogP contribution >= 0.6 is 23.2 Å². The molecule has 0 bridgehead atoms. The van der Waals surface area contributed by atoms with Crippen LogP contribution in [0.25, 0.3) is 0 Å². The summed E-state index contributed by atoms with van der Waals surface area (Å²) >= 11 is 12.0. The number of halogens is 2. The van der Waals surface area contributed by atoms with E-state index in [0.29, 0.717) is 39.7 Å². The fourth-order valence-electron chi connectivity index (χ4n) is 3.41. The van der Waals surface area contributed by atoms with Crippen LogP contribution in [0.1, 0.15) is 28.8 Å². The number of hydrogen-bond acceptors (Lipinski definition) is 5. The van der Waals surface area contributed by atoms with Crippen LogP contribution in [0.5, 0.6) is 0 Å². The van der Waals surface area contributed by atoms with E-state index in [1.54, 1.807) is 36.4 Å². The summed E-state index contributed by atoms with van der Waals surface area (Å²) in [5.74, 6) is -1.25. The van der Waals surface area contributed by atoms with Crippen molar-refractivity contribution in [2.24, 2.45) is 5.92 Å². The number of piperidine rings is 1. The smallest absolute Gasteiger partial charge is 0.337 e. The maximum atomic E-state index is 12.8. The molecule has 0 unspecified atom stereocenters. The lowest BCUT2D eigenvalue weighted by molar-refractivity contribution is -0.120. The number of nitrogens with one attached hydrogen (secondary N) is 1. The van der Waals surface area contributed by atoms with E-state index < -0.39 is 16.0 Å². The first kappa shape index (κ1) is 23.5. The van der Waals surface area contributed by atoms with Gasteiger partial charge in [-0.1, -0.05) is 35.3 Å². The van der Waals surface area contributed by atoms with Crippen molar-refractivity contribution in [3.8, 4) is 0 Å². The Labute approximate surface area is 191 Å². The van der Waals surface area contributed by atoms with Gasteiger partial charge in [0.2, 0.25) is 15.9 Å². The Bertz CT molecular complexity index is 1080. The molecule has 1 amide bonds. The Balaban J connectivity index is 1.58. The number of rotatable bonds is 6. The van der Waals surface area contributed by atoms with Gasteiger partial charge in [-0.05, 0) is 48.7 Å². The van der Waals surface area contributed by atoms with Crippen LogP contribution in [-0.4, -0.2) is 44.8 Å². The zero-order chi connectivity index (χ0) is 22.6. The van der Waals surface area contributed by atoms with E-state index in [9.17, 15) is 18.0 Å². The third-order valence-corrected chi connectivity index (χ3v) is 7.54. The van der Waals surface area contributed by atoms with Gasteiger partial charge in [-0.2, -0.15) is 0 Å². The summed E-state index contributed by atoms with van der Waals surface area (Å²) in [4.78, 5) is 24.3. The monoisotopic (exact) mass is 484 g/mol. The number of esters is 1. The molecule has 0 aliphatic carbocycles. The first-order valence-electron chi connectivity index (χ1n) is 9.60. The quantitative estimate of drug-likeness (QED) is 0.626. The molecule has 1 aliphatic heterocycles. The maximum absolute atomic E-state index is 12.8. The van der Waals surface area contributed by atoms with Crippen LogP contribution in [-0.2, 0) is 25.3 Å². The molecule has 31 heavy (non-hydrogen) atoms. The fraction of sp³-hybridized carbons (Fsp3) is 0.333. The van der Waals surface area contributed by atoms with Gasteiger partial charge in [-0.3, -0.25) is 4.79 Å². The highest BCUT2D eigenvalue weighted by molar-refractivity contribution is 7.88. The summed E-state index contributed by atoms with van der Waals surface area (Å²) < 4.78 is 31.6. The number of nitrogens with zero attached hydrogens (tertiary/aromatic N) is 1. The van der Waals surface area contributed by atoms with E-state index in [1.807, 2.05) is 0 Å². The van der Waals surface area contributed by atoms with Gasteiger partial charge in [-0.25, -0.2) is 17.5 Å². The summed E-state index contributed by atoms with van der Waals surface area (Å²) in [6, 6.07) is 11.2. The average Bonchev–Trinajstić information content (AvgIpc) is 2.75. The minimum atomic E-state index is -3.58. The number of methoxy groups -OCH3 is 1. The first-order valence-corrected chi connectivity index (χ1v) is 12.0. The number of hydrogen-bond donors (Lipinski definition) is 1. The van der Waals surface area contributed by atoms with Crippen molar-refractivity contribution in [3.05, 3.63) is 63.6 Å². The van der Waals surface area contributed by atoms with Gasteiger partial charge in [0.05, 0.1) is 18.4 Å². The van der Waals surface area contributed by atoms with Crippen LogP contribution in [0.2, 0.25) is 10.0 Å². The van der Waals surface area contributed by atoms with Crippen LogP contribution in [0.15, 0.2) is 42.5 Å². The summed E-state index contributed by atoms with van der Waals surface area (Å²) in [5.41, 5.74) is 1.30. The third-order valence-electron chi connectivity index (χ3n) is 5.12. The highest BCUT2D eigenvalue weighted by Gasteiger charge is 2.31. The molecule has 0 atom stereocenters. The van der Waals surface area contributed by atoms with Crippen LogP contribution < -0.4 is 5.32 Å². The molecule has 0 aromatic heterocycles. The van der Waals surface area contributed by atoms with Crippen molar-refractivity contribution < 1.29 is 22.7 Å². The lowest BCUT2D eigenvalue weighted by atomic mass is 9.97. The molecular weight excluding hydrogens is 463 g/mol. The molecule has 0 saturated carbocycles. The Morgan fingerprint density at radius 2 is 1.84 bits per heavy atom. The van der Waals surface area contributed by atoms with Crippen molar-refractivity contribution >= 4 is 50.8 Å². The molecule has 10 heteroatoms. The zero-order valence-corrected chi connectivity index (χ0v) is 19.1. The number of anilines is 1. The first-order chi connectivity index (χ1) is 14.7. The Morgan fingerprint density at radius 1 is 1.13 bits per heavy atom. The molecule has 2 aromatic rings. The average molecular weight is 485 g/mol. The van der Waals surface area contributed by atoms with Gasteiger partial charge in [0.1, 0.15) is 0 Å². The highest BCUT2D eigenvalue weighted by Crippen LogP contribution is 2.27. The van der Waals surface area contributed by atoms with Gasteiger partial charge in [0, 0.05) is 34.7 Å². The summed E-state index contributed by atoms with van der Waals surface area (Å²) in [7, 11) is -2.29. The molecule has 1 heterocycles. The minimum absolute atomic E-state index is 0.209. The molecule has 1 saturated heterocycles. The number of ether oxygens (including phenoxy) is 1. The normalized spacial score (nSPS) is 15.5. The van der Waals surface area contributed by atoms with Crippen molar-refractivity contribution in [1.29, 1.82) is 0 Å². The van der Waals surface area contributed by atoms with Crippen molar-refractivity contribution in [2.45, 2.75) is 18.6 Å². The Morgan fingerprint density at radius 3 is 2.48 bits per heavy atom. The lowest BCUT2D eigenvalue weighted by Gasteiger charge is -2.30. The second-order valence-electron chi connectivity index (χ2n) is 7.23. The third kappa shape index (κ3) is 5.98. The predicted molar refractivity (Wildman–Crippen MR) is 120 cm³/mol. The molecule has 0 spiro atoms. The molecule has 7 nitrogen and oxygen atoms in total. The standard InChI is InChI=1S/C21H22Cl2N2O5S/c1-30-21(27)15-3-2-4-18(11-15)24-20(26)14-7-9-25(10-8-14)31(28,29)13-16-5-6-17(22)12-19(16)23/h2-6,11-12,14H,7-10,13H2,1H3,(H,24,26). The summed E-state index contributed by atoms with van der Waals surface area (Å²) in [6.07, 6.45) is 0.798. The number of sulfonamides is 1. The topological polar surface area (TPSA) is 92.8 Å². The van der Waals surface area contributed by atoms with E-state index in [2.05, 4.69) is 10.1 Å². The molecule has 3 rings (SSSR count). The fourth-order valence-corrected chi connectivity index (χ4v) is 5.56. The SMILES string of the molecule is COC(=O)c1cccc(NC(=O)C2CCN(S(=O)(=O)Cc3ccc(Cl)cc3Cl)CC2)c1. The molecular formula is C21H22Cl2N2O5S. The van der Waals surface area contributed by atoms with Gasteiger partial charge in [0.15, 0.2) is 0 Å². The van der Waals surface area contributed by atoms with Crippen molar-refractivity contribution in [3.63, 3.8) is 0 Å².